The summed E-state index contributed by atoms with van der Waals surface area (Å²) in [6.45, 7) is 10.7. The van der Waals surface area contributed by atoms with Gasteiger partial charge in [-0.15, -0.1) is 0 Å². The minimum atomic E-state index is -0.144. The van der Waals surface area contributed by atoms with Gasteiger partial charge in [-0.2, -0.15) is 0 Å². The van der Waals surface area contributed by atoms with Gasteiger partial charge in [0.25, 0.3) is 5.91 Å². The molecule has 0 aliphatic carbocycles. The largest absolute Gasteiger partial charge is 0.467 e. The summed E-state index contributed by atoms with van der Waals surface area (Å²) in [5, 5.41) is 0. The van der Waals surface area contributed by atoms with E-state index in [1.54, 1.807) is 30.2 Å². The fourth-order valence-corrected chi connectivity index (χ4v) is 3.56. The molecule has 3 heterocycles. The lowest BCUT2D eigenvalue weighted by atomic mass is 10.2. The highest BCUT2D eigenvalue weighted by molar-refractivity contribution is 5.95. The van der Waals surface area contributed by atoms with Crippen LogP contribution in [0.15, 0.2) is 33.3 Å². The Morgan fingerprint density at radius 3 is 2.50 bits per heavy atom. The number of carbonyl (C=O) groups is 2. The van der Waals surface area contributed by atoms with Crippen molar-refractivity contribution in [1.29, 1.82) is 0 Å². The number of carbonyl (C=O) groups excluding carboxylic acids is 2. The van der Waals surface area contributed by atoms with Gasteiger partial charge in [0.2, 0.25) is 5.91 Å². The van der Waals surface area contributed by atoms with Gasteiger partial charge in [0.05, 0.1) is 18.4 Å². The SMILES string of the molecule is CCN1CCN(C(=O)CCN(Cc2ccco2)C(=O)c2cc(C)oc2C)CC1. The van der Waals surface area contributed by atoms with Gasteiger partial charge < -0.3 is 23.5 Å². The summed E-state index contributed by atoms with van der Waals surface area (Å²) in [4.78, 5) is 31.6. The Hall–Kier alpha value is -2.54. The average molecular weight is 387 g/mol. The van der Waals surface area contributed by atoms with Crippen molar-refractivity contribution in [2.24, 2.45) is 0 Å². The number of hydrogen-bond donors (Lipinski definition) is 0. The third-order valence-corrected chi connectivity index (χ3v) is 5.25. The second kappa shape index (κ2) is 9.10. The van der Waals surface area contributed by atoms with Crippen LogP contribution in [0.1, 0.15) is 41.0 Å². The molecule has 1 saturated heterocycles. The fourth-order valence-electron chi connectivity index (χ4n) is 3.56. The van der Waals surface area contributed by atoms with Gasteiger partial charge in [0.15, 0.2) is 0 Å². The van der Waals surface area contributed by atoms with Gasteiger partial charge in [-0.3, -0.25) is 9.59 Å². The number of nitrogens with zero attached hydrogens (tertiary/aromatic N) is 3. The molecule has 0 N–H and O–H groups in total. The molecule has 7 heteroatoms. The Morgan fingerprint density at radius 2 is 1.93 bits per heavy atom. The molecule has 2 amide bonds. The molecule has 3 rings (SSSR count). The van der Waals surface area contributed by atoms with E-state index >= 15 is 0 Å². The zero-order chi connectivity index (χ0) is 20.1. The summed E-state index contributed by atoms with van der Waals surface area (Å²) in [5.41, 5.74) is 0.535. The van der Waals surface area contributed by atoms with E-state index in [0.29, 0.717) is 42.4 Å². The third-order valence-electron chi connectivity index (χ3n) is 5.25. The summed E-state index contributed by atoms with van der Waals surface area (Å²) in [6, 6.07) is 5.38. The first-order valence-electron chi connectivity index (χ1n) is 9.86. The molecule has 152 valence electrons. The summed E-state index contributed by atoms with van der Waals surface area (Å²) in [7, 11) is 0. The minimum Gasteiger partial charge on any atom is -0.467 e. The Balaban J connectivity index is 1.65. The van der Waals surface area contributed by atoms with Crippen LogP contribution < -0.4 is 0 Å². The van der Waals surface area contributed by atoms with Crippen LogP contribution in [0.4, 0.5) is 0 Å². The molecule has 1 aliphatic heterocycles. The maximum absolute atomic E-state index is 13.1. The molecule has 2 aromatic heterocycles. The van der Waals surface area contributed by atoms with E-state index in [2.05, 4.69) is 11.8 Å². The Morgan fingerprint density at radius 1 is 1.18 bits per heavy atom. The Kier molecular flexibility index (Phi) is 6.57. The van der Waals surface area contributed by atoms with Crippen molar-refractivity contribution in [3.63, 3.8) is 0 Å². The van der Waals surface area contributed by atoms with Crippen LogP contribution in [-0.2, 0) is 11.3 Å². The maximum Gasteiger partial charge on any atom is 0.257 e. The van der Waals surface area contributed by atoms with Crippen LogP contribution in [0.5, 0.6) is 0 Å². The molecule has 0 unspecified atom stereocenters. The zero-order valence-electron chi connectivity index (χ0n) is 16.9. The van der Waals surface area contributed by atoms with E-state index in [1.807, 2.05) is 17.9 Å². The van der Waals surface area contributed by atoms with Crippen LogP contribution in [0.25, 0.3) is 0 Å². The van der Waals surface area contributed by atoms with Crippen LogP contribution in [0, 0.1) is 13.8 Å². The smallest absolute Gasteiger partial charge is 0.257 e. The molecule has 0 bridgehead atoms. The van der Waals surface area contributed by atoms with Crippen molar-refractivity contribution >= 4 is 11.8 Å². The van der Waals surface area contributed by atoms with Crippen LogP contribution in [-0.4, -0.2) is 65.8 Å². The first kappa shape index (κ1) is 20.2. The van der Waals surface area contributed by atoms with Gasteiger partial charge in [0.1, 0.15) is 17.3 Å². The molecule has 1 aliphatic rings. The van der Waals surface area contributed by atoms with Gasteiger partial charge >= 0.3 is 0 Å². The van der Waals surface area contributed by atoms with Crippen molar-refractivity contribution < 1.29 is 18.4 Å². The highest BCUT2D eigenvalue weighted by Crippen LogP contribution is 2.18. The van der Waals surface area contributed by atoms with Crippen molar-refractivity contribution in [2.45, 2.75) is 33.7 Å². The van der Waals surface area contributed by atoms with Crippen molar-refractivity contribution in [1.82, 2.24) is 14.7 Å². The molecule has 1 fully saturated rings. The predicted molar refractivity (Wildman–Crippen MR) is 105 cm³/mol. The lowest BCUT2D eigenvalue weighted by Crippen LogP contribution is -2.49. The number of piperazine rings is 1. The standard InChI is InChI=1S/C21H29N3O4/c1-4-22-9-11-23(12-10-22)20(25)7-8-24(15-18-6-5-13-27-18)21(26)19-14-16(2)28-17(19)3/h5-6,13-14H,4,7-12,15H2,1-3H3. The summed E-state index contributed by atoms with van der Waals surface area (Å²) < 4.78 is 10.9. The quantitative estimate of drug-likeness (QED) is 0.731. The normalized spacial score (nSPS) is 15.0. The van der Waals surface area contributed by atoms with Crippen LogP contribution in [0.2, 0.25) is 0 Å². The number of aryl methyl sites for hydroxylation is 2. The zero-order valence-corrected chi connectivity index (χ0v) is 16.9. The molecule has 0 spiro atoms. The Bertz CT molecular complexity index is 789. The minimum absolute atomic E-state index is 0.0908. The monoisotopic (exact) mass is 387 g/mol. The van der Waals surface area contributed by atoms with Crippen LogP contribution >= 0.6 is 0 Å². The summed E-state index contributed by atoms with van der Waals surface area (Å²) in [6.07, 6.45) is 1.89. The molecule has 28 heavy (non-hydrogen) atoms. The van der Waals surface area contributed by atoms with Crippen LogP contribution in [0.3, 0.4) is 0 Å². The third kappa shape index (κ3) is 4.84. The molecule has 0 saturated carbocycles. The van der Waals surface area contributed by atoms with Crippen molar-refractivity contribution in [3.8, 4) is 0 Å². The second-order valence-electron chi connectivity index (χ2n) is 7.20. The number of rotatable bonds is 7. The molecule has 0 atom stereocenters. The lowest BCUT2D eigenvalue weighted by molar-refractivity contribution is -0.133. The number of furan rings is 2. The van der Waals surface area contributed by atoms with Gasteiger partial charge in [0, 0.05) is 39.1 Å². The molecular formula is C21H29N3O4. The van der Waals surface area contributed by atoms with E-state index in [0.717, 1.165) is 32.7 Å². The molecule has 0 radical (unpaired) electrons. The Labute approximate surface area is 165 Å². The van der Waals surface area contributed by atoms with Crippen molar-refractivity contribution in [3.05, 3.63) is 47.3 Å². The van der Waals surface area contributed by atoms with E-state index < -0.39 is 0 Å². The van der Waals surface area contributed by atoms with E-state index in [9.17, 15) is 9.59 Å². The molecule has 7 nitrogen and oxygen atoms in total. The maximum atomic E-state index is 13.1. The molecule has 2 aromatic rings. The highest BCUT2D eigenvalue weighted by atomic mass is 16.3. The van der Waals surface area contributed by atoms with Gasteiger partial charge in [-0.25, -0.2) is 0 Å². The summed E-state index contributed by atoms with van der Waals surface area (Å²) in [5.74, 6) is 1.93. The first-order valence-corrected chi connectivity index (χ1v) is 9.86. The second-order valence-corrected chi connectivity index (χ2v) is 7.20. The number of hydrogen-bond acceptors (Lipinski definition) is 5. The highest BCUT2D eigenvalue weighted by Gasteiger charge is 2.25. The molecular weight excluding hydrogens is 358 g/mol. The van der Waals surface area contributed by atoms with Crippen molar-refractivity contribution in [2.75, 3.05) is 39.3 Å². The first-order chi connectivity index (χ1) is 13.5. The average Bonchev–Trinajstić information content (AvgIpc) is 3.33. The van der Waals surface area contributed by atoms with Gasteiger partial charge in [-0.05, 0) is 38.6 Å². The number of likely N-dealkylation sites (N-methyl/N-ethyl adjacent to an activating group) is 1. The topological polar surface area (TPSA) is 70.1 Å². The predicted octanol–water partition coefficient (Wildman–Crippen LogP) is 2.69. The van der Waals surface area contributed by atoms with E-state index in [4.69, 9.17) is 8.83 Å². The van der Waals surface area contributed by atoms with E-state index in [1.165, 1.54) is 0 Å². The van der Waals surface area contributed by atoms with E-state index in [-0.39, 0.29) is 11.8 Å². The lowest BCUT2D eigenvalue weighted by Gasteiger charge is -2.34. The summed E-state index contributed by atoms with van der Waals surface area (Å²) >= 11 is 0. The van der Waals surface area contributed by atoms with Gasteiger partial charge in [-0.1, -0.05) is 6.92 Å². The molecule has 0 aromatic carbocycles. The number of amides is 2. The fraction of sp³-hybridized carbons (Fsp3) is 0.524.